The average molecular weight is 1150 g/mol. The number of esters is 1. The number of imide groups is 1. The molecular formula is C52H58FN10O17P. The van der Waals surface area contributed by atoms with E-state index >= 15 is 4.39 Å². The Labute approximate surface area is 460 Å². The van der Waals surface area contributed by atoms with E-state index in [1.165, 1.54) is 24.5 Å². The lowest BCUT2D eigenvalue weighted by Gasteiger charge is -2.32. The van der Waals surface area contributed by atoms with E-state index in [0.29, 0.717) is 62.3 Å². The Morgan fingerprint density at radius 1 is 0.901 bits per heavy atom. The maximum atomic E-state index is 15.5. The Kier molecular flexibility index (Phi) is 17.4. The van der Waals surface area contributed by atoms with Crippen LogP contribution in [0.4, 0.5) is 4.39 Å². The summed E-state index contributed by atoms with van der Waals surface area (Å²) in [5.74, 6) is -8.04. The second-order valence-corrected chi connectivity index (χ2v) is 21.2. The number of cyclic esters (lactones) is 1. The molecule has 2 aromatic carbocycles. The number of nitrogens with one attached hydrogen (secondary N) is 7. The van der Waals surface area contributed by atoms with Gasteiger partial charge in [0.1, 0.15) is 43.6 Å². The highest BCUT2D eigenvalue weighted by Gasteiger charge is 2.46. The van der Waals surface area contributed by atoms with Gasteiger partial charge in [-0.3, -0.25) is 57.9 Å². The standard InChI is InChI=1S/C52H58FN10O17P/c1-5-52(74)31-16-36-45-29(22-62(36)48(71)30(31)23-78-50(52)73)44-33(12-11-28-26(2)32(53)17-34(60-45)43(28)44)61-49(72)51(3,4)79-25-58-39(65)20-56-46(69)35(15-27-9-7-6-8-10-27)59-40(66)21-55-38(64)19-57-47(70)37(18-54-24-80-81(75,76)77)63-41(67)13-14-42(63)68/h6-10,13-14,16-17,33,35,37,54,74H,5,11-12,15,18-25H2,1-4H3,(H,55,64)(H,56,69)(H,57,70)(H,58,65)(H,59,66)(H,61,72)(H2,75,76,77)/t33?,35-,37-,52-/m0/s1. The Balaban J connectivity index is 0.855. The molecule has 3 aliphatic heterocycles. The number of aryl methyl sites for hydroxylation is 1. The number of pyridine rings is 2. The second kappa shape index (κ2) is 23.9. The summed E-state index contributed by atoms with van der Waals surface area (Å²) in [4.78, 5) is 154. The molecule has 4 atom stereocenters. The molecule has 5 heterocycles. The number of ether oxygens (including phenoxy) is 2. The van der Waals surface area contributed by atoms with Gasteiger partial charge in [0.25, 0.3) is 23.3 Å². The number of fused-ring (bicyclic) bond motifs is 5. The van der Waals surface area contributed by atoms with Crippen molar-refractivity contribution in [3.8, 4) is 11.4 Å². The normalized spacial score (nSPS) is 17.8. The van der Waals surface area contributed by atoms with Gasteiger partial charge >= 0.3 is 13.8 Å². The van der Waals surface area contributed by atoms with E-state index in [0.717, 1.165) is 12.2 Å². The predicted molar refractivity (Wildman–Crippen MR) is 278 cm³/mol. The zero-order valence-electron chi connectivity index (χ0n) is 44.1. The number of benzene rings is 2. The number of phosphoric acid groups is 1. The summed E-state index contributed by atoms with van der Waals surface area (Å²) in [6.45, 7) is 2.00. The number of aromatic nitrogens is 2. The summed E-state index contributed by atoms with van der Waals surface area (Å²) >= 11 is 0. The molecule has 4 aromatic rings. The second-order valence-electron chi connectivity index (χ2n) is 19.9. The number of halogens is 1. The van der Waals surface area contributed by atoms with Crippen LogP contribution in [0.25, 0.3) is 22.3 Å². The van der Waals surface area contributed by atoms with E-state index in [1.54, 1.807) is 50.2 Å². The number of nitrogens with zero attached hydrogens (tertiary/aromatic N) is 3. The van der Waals surface area contributed by atoms with Crippen molar-refractivity contribution in [3.05, 3.63) is 110 Å². The zero-order chi connectivity index (χ0) is 58.7. The Hall–Kier alpha value is -8.11. The fourth-order valence-corrected chi connectivity index (χ4v) is 10.2. The summed E-state index contributed by atoms with van der Waals surface area (Å²) in [5.41, 5.74) is -0.118. The number of amides is 8. The summed E-state index contributed by atoms with van der Waals surface area (Å²) in [5, 5.41) is 29.4. The molecule has 1 aliphatic carbocycles. The van der Waals surface area contributed by atoms with Crippen LogP contribution in [0, 0.1) is 12.7 Å². The van der Waals surface area contributed by atoms with Crippen LogP contribution in [-0.4, -0.2) is 140 Å². The summed E-state index contributed by atoms with van der Waals surface area (Å²) in [7, 11) is -4.90. The molecule has 8 rings (SSSR count). The summed E-state index contributed by atoms with van der Waals surface area (Å²) < 4.78 is 43.3. The topological polar surface area (TPSA) is 381 Å². The molecule has 0 saturated carbocycles. The fraction of sp³-hybridized carbons (Fsp3) is 0.404. The quantitative estimate of drug-likeness (QED) is 0.0117. The molecule has 4 aliphatic rings. The Morgan fingerprint density at radius 3 is 2.25 bits per heavy atom. The lowest BCUT2D eigenvalue weighted by Crippen LogP contribution is -2.55. The lowest BCUT2D eigenvalue weighted by molar-refractivity contribution is -0.172. The van der Waals surface area contributed by atoms with E-state index in [-0.39, 0.29) is 42.6 Å². The van der Waals surface area contributed by atoms with E-state index in [4.69, 9.17) is 24.2 Å². The highest BCUT2D eigenvalue weighted by Crippen LogP contribution is 2.46. The monoisotopic (exact) mass is 1140 g/mol. The van der Waals surface area contributed by atoms with Crippen LogP contribution in [0.3, 0.4) is 0 Å². The van der Waals surface area contributed by atoms with Crippen molar-refractivity contribution in [1.82, 2.24) is 51.7 Å². The number of rotatable bonds is 23. The van der Waals surface area contributed by atoms with E-state index in [9.17, 15) is 57.6 Å². The molecule has 0 radical (unpaired) electrons. The third-order valence-electron chi connectivity index (χ3n) is 14.3. The first-order valence-corrected chi connectivity index (χ1v) is 27.0. The van der Waals surface area contributed by atoms with Crippen LogP contribution in [0.5, 0.6) is 0 Å². The highest BCUT2D eigenvalue weighted by atomic mass is 31.2. The molecular weight excluding hydrogens is 1090 g/mol. The molecule has 81 heavy (non-hydrogen) atoms. The average Bonchev–Trinajstić information content (AvgIpc) is 4.23. The number of carbonyl (C=O) groups excluding carboxylic acids is 9. The molecule has 27 nitrogen and oxygen atoms in total. The van der Waals surface area contributed by atoms with E-state index < -0.39 is 141 Å². The Morgan fingerprint density at radius 2 is 1.57 bits per heavy atom. The molecule has 0 fully saturated rings. The van der Waals surface area contributed by atoms with Gasteiger partial charge in [-0.1, -0.05) is 37.3 Å². The van der Waals surface area contributed by atoms with Gasteiger partial charge in [-0.25, -0.2) is 18.7 Å². The molecule has 0 bridgehead atoms. The van der Waals surface area contributed by atoms with Gasteiger partial charge in [-0.2, -0.15) is 0 Å². The first-order chi connectivity index (χ1) is 38.3. The number of hydrogen-bond donors (Lipinski definition) is 10. The van der Waals surface area contributed by atoms with Crippen molar-refractivity contribution < 1.29 is 81.0 Å². The smallest absolute Gasteiger partial charge is 0.458 e. The first-order valence-electron chi connectivity index (χ1n) is 25.5. The third-order valence-corrected chi connectivity index (χ3v) is 14.8. The van der Waals surface area contributed by atoms with Crippen molar-refractivity contribution in [1.29, 1.82) is 0 Å². The third kappa shape index (κ3) is 12.8. The number of phosphoric ester groups is 1. The van der Waals surface area contributed by atoms with E-state index in [2.05, 4.69) is 41.7 Å². The minimum Gasteiger partial charge on any atom is -0.458 e. The molecule has 430 valence electrons. The van der Waals surface area contributed by atoms with Crippen molar-refractivity contribution in [2.75, 3.05) is 39.6 Å². The molecule has 29 heteroatoms. The van der Waals surface area contributed by atoms with Crippen molar-refractivity contribution in [3.63, 3.8) is 0 Å². The number of aliphatic hydroxyl groups is 1. The van der Waals surface area contributed by atoms with Gasteiger partial charge in [0, 0.05) is 47.7 Å². The minimum atomic E-state index is -4.90. The lowest BCUT2D eigenvalue weighted by atomic mass is 9.81. The van der Waals surface area contributed by atoms with Gasteiger partial charge in [0.05, 0.1) is 54.7 Å². The molecule has 0 saturated heterocycles. The first kappa shape index (κ1) is 59.0. The van der Waals surface area contributed by atoms with E-state index in [1.807, 2.05) is 0 Å². The molecule has 1 unspecified atom stereocenters. The van der Waals surface area contributed by atoms with Crippen LogP contribution >= 0.6 is 7.82 Å². The molecule has 8 amide bonds. The molecule has 0 spiro atoms. The summed E-state index contributed by atoms with van der Waals surface area (Å²) in [6, 6.07) is 7.77. The number of hydrogen-bond acceptors (Lipinski definition) is 17. The predicted octanol–water partition coefficient (Wildman–Crippen LogP) is -1.47. The fourth-order valence-electron chi connectivity index (χ4n) is 9.92. The van der Waals surface area contributed by atoms with Crippen LogP contribution in [0.15, 0.2) is 59.4 Å². The molecule has 2 aromatic heterocycles. The zero-order valence-corrected chi connectivity index (χ0v) is 45.0. The van der Waals surface area contributed by atoms with Gasteiger partial charge < -0.3 is 60.8 Å². The van der Waals surface area contributed by atoms with Gasteiger partial charge in [0.2, 0.25) is 29.5 Å². The largest absolute Gasteiger partial charge is 0.470 e. The van der Waals surface area contributed by atoms with Crippen LogP contribution < -0.4 is 42.8 Å². The SMILES string of the molecule is CC[C@@]1(O)C(=O)OCc2c1cc1n(c2=O)Cc2c-1nc1cc(F)c(C)c3c1c2C(NC(=O)C(C)(C)OCNC(=O)CNC(=O)[C@H](Cc1ccccc1)NC(=O)CNC(=O)CNC(=O)[C@H](CNCOP(=O)(O)O)N1C(=O)C=CC1=O)CC3. The van der Waals surface area contributed by atoms with Gasteiger partial charge in [-0.05, 0) is 68.4 Å². The maximum Gasteiger partial charge on any atom is 0.470 e. The van der Waals surface area contributed by atoms with Crippen molar-refractivity contribution in [2.45, 2.75) is 95.9 Å². The van der Waals surface area contributed by atoms with Crippen molar-refractivity contribution >= 4 is 72.0 Å². The van der Waals surface area contributed by atoms with Gasteiger partial charge in [-0.15, -0.1) is 0 Å². The van der Waals surface area contributed by atoms with Crippen LogP contribution in [-0.2, 0) is 93.3 Å². The summed E-state index contributed by atoms with van der Waals surface area (Å²) in [6.07, 6.45) is 2.35. The molecule has 10 N–H and O–H groups in total. The van der Waals surface area contributed by atoms with Crippen molar-refractivity contribution in [2.24, 2.45) is 0 Å². The van der Waals surface area contributed by atoms with Crippen LogP contribution in [0.2, 0.25) is 0 Å². The van der Waals surface area contributed by atoms with Crippen LogP contribution in [0.1, 0.15) is 78.6 Å². The Bertz CT molecular complexity index is 3400. The minimum absolute atomic E-state index is 0.0166. The maximum absolute atomic E-state index is 15.5. The highest BCUT2D eigenvalue weighted by molar-refractivity contribution is 7.46. The van der Waals surface area contributed by atoms with Gasteiger partial charge in [0.15, 0.2) is 5.60 Å². The number of carbonyl (C=O) groups is 9.